The zero-order chi connectivity index (χ0) is 23.5. The van der Waals surface area contributed by atoms with E-state index in [1.165, 1.54) is 0 Å². The molecule has 0 spiro atoms. The quantitative estimate of drug-likeness (QED) is 0.468. The van der Waals surface area contributed by atoms with Gasteiger partial charge in [-0.1, -0.05) is 30.3 Å². The molecule has 5 rings (SSSR count). The smallest absolute Gasteiger partial charge is 0.320 e. The third-order valence-corrected chi connectivity index (χ3v) is 7.34. The Kier molecular flexibility index (Phi) is 6.90. The van der Waals surface area contributed by atoms with Crippen molar-refractivity contribution in [3.63, 3.8) is 0 Å². The van der Waals surface area contributed by atoms with Crippen LogP contribution in [0.1, 0.15) is 44.2 Å². The number of ether oxygens (including phenoxy) is 1. The van der Waals surface area contributed by atoms with Crippen molar-refractivity contribution in [2.24, 2.45) is 11.8 Å². The molecule has 2 fully saturated rings. The fourth-order valence-electron chi connectivity index (χ4n) is 5.42. The van der Waals surface area contributed by atoms with Crippen molar-refractivity contribution >= 4 is 16.9 Å². The van der Waals surface area contributed by atoms with Crippen LogP contribution < -0.4 is 0 Å². The number of aryl methyl sites for hydroxylation is 1. The van der Waals surface area contributed by atoms with E-state index in [1.54, 1.807) is 18.2 Å². The number of hydrogen-bond acceptors (Lipinski definition) is 3. The maximum Gasteiger partial charge on any atom is 0.320 e. The van der Waals surface area contributed by atoms with E-state index in [-0.39, 0.29) is 5.92 Å². The predicted octanol–water partition coefficient (Wildman–Crippen LogP) is 5.70. The number of carbonyl (C=O) groups is 1. The second kappa shape index (κ2) is 10.2. The second-order valence-electron chi connectivity index (χ2n) is 9.47. The summed E-state index contributed by atoms with van der Waals surface area (Å²) >= 11 is 0. The van der Waals surface area contributed by atoms with E-state index in [0.717, 1.165) is 48.7 Å². The standard InChI is InChI=1S/C27H31F2N3O2/c28-27(29)32-24-7-2-1-6-23(24)30-25(32)22-5-3-4-20(18-22)9-8-19-10-12-21(13-11-19)26(33)31-14-16-34-17-15-31/h1-7,18-19,21,27H,8-17H2. The minimum Gasteiger partial charge on any atom is -0.378 e. The SMILES string of the molecule is O=C(C1CCC(CCc2cccc(-c3nc4ccccc4n3C(F)F)c2)CC1)N1CCOCC1. The monoisotopic (exact) mass is 467 g/mol. The van der Waals surface area contributed by atoms with Gasteiger partial charge < -0.3 is 9.64 Å². The van der Waals surface area contributed by atoms with Gasteiger partial charge in [-0.2, -0.15) is 8.78 Å². The van der Waals surface area contributed by atoms with Crippen LogP contribution in [0, 0.1) is 11.8 Å². The number of nitrogens with zero attached hydrogens (tertiary/aromatic N) is 3. The zero-order valence-corrected chi connectivity index (χ0v) is 19.3. The van der Waals surface area contributed by atoms with Gasteiger partial charge in [-0.25, -0.2) is 4.98 Å². The first kappa shape index (κ1) is 23.0. The molecule has 0 N–H and O–H groups in total. The largest absolute Gasteiger partial charge is 0.378 e. The summed E-state index contributed by atoms with van der Waals surface area (Å²) < 4.78 is 34.1. The highest BCUT2D eigenvalue weighted by Crippen LogP contribution is 2.34. The molecule has 1 saturated carbocycles. The van der Waals surface area contributed by atoms with Gasteiger partial charge in [-0.15, -0.1) is 0 Å². The Morgan fingerprint density at radius 1 is 1.03 bits per heavy atom. The van der Waals surface area contributed by atoms with Gasteiger partial charge in [0.2, 0.25) is 5.91 Å². The lowest BCUT2D eigenvalue weighted by Gasteiger charge is -2.34. The molecule has 1 aliphatic heterocycles. The number of carbonyl (C=O) groups excluding carboxylic acids is 1. The molecule has 1 aromatic heterocycles. The molecule has 2 aromatic carbocycles. The molecule has 2 aliphatic rings. The summed E-state index contributed by atoms with van der Waals surface area (Å²) in [5, 5.41) is 0. The molecule has 180 valence electrons. The van der Waals surface area contributed by atoms with Gasteiger partial charge in [0.25, 0.3) is 0 Å². The highest BCUT2D eigenvalue weighted by atomic mass is 19.3. The van der Waals surface area contributed by atoms with Crippen LogP contribution >= 0.6 is 0 Å². The first-order valence-electron chi connectivity index (χ1n) is 12.3. The molecular weight excluding hydrogens is 436 g/mol. The van der Waals surface area contributed by atoms with Crippen LogP contribution in [0.5, 0.6) is 0 Å². The third kappa shape index (κ3) is 4.85. The molecule has 7 heteroatoms. The fourth-order valence-corrected chi connectivity index (χ4v) is 5.42. The average Bonchev–Trinajstić information content (AvgIpc) is 3.28. The molecule has 34 heavy (non-hydrogen) atoms. The van der Waals surface area contributed by atoms with E-state index >= 15 is 0 Å². The van der Waals surface area contributed by atoms with Gasteiger partial charge in [0.15, 0.2) is 0 Å². The number of aromatic nitrogens is 2. The van der Waals surface area contributed by atoms with Gasteiger partial charge in [-0.05, 0) is 68.2 Å². The summed E-state index contributed by atoms with van der Waals surface area (Å²) in [6, 6.07) is 14.9. The Morgan fingerprint density at radius 2 is 1.79 bits per heavy atom. The average molecular weight is 468 g/mol. The molecule has 5 nitrogen and oxygen atoms in total. The van der Waals surface area contributed by atoms with E-state index in [9.17, 15) is 13.6 Å². The van der Waals surface area contributed by atoms with Gasteiger partial charge in [0.1, 0.15) is 5.82 Å². The van der Waals surface area contributed by atoms with Crippen LogP contribution in [-0.2, 0) is 16.0 Å². The van der Waals surface area contributed by atoms with E-state index in [2.05, 4.69) is 11.1 Å². The summed E-state index contributed by atoms with van der Waals surface area (Å²) in [5.74, 6) is 1.36. The molecule has 1 amide bonds. The van der Waals surface area contributed by atoms with Crippen LogP contribution in [0.25, 0.3) is 22.4 Å². The Labute approximate surface area is 198 Å². The molecule has 3 aromatic rings. The van der Waals surface area contributed by atoms with Crippen molar-refractivity contribution in [1.29, 1.82) is 0 Å². The summed E-state index contributed by atoms with van der Waals surface area (Å²) in [6.45, 7) is 0.0751. The lowest BCUT2D eigenvalue weighted by molar-refractivity contribution is -0.141. The normalized spacial score (nSPS) is 21.3. The number of para-hydroxylation sites is 2. The van der Waals surface area contributed by atoms with Crippen LogP contribution in [-0.4, -0.2) is 46.7 Å². The Bertz CT molecular complexity index is 1130. The molecule has 0 atom stereocenters. The number of fused-ring (bicyclic) bond motifs is 1. The van der Waals surface area contributed by atoms with Gasteiger partial charge >= 0.3 is 6.55 Å². The zero-order valence-electron chi connectivity index (χ0n) is 19.3. The number of morpholine rings is 1. The van der Waals surface area contributed by atoms with E-state index in [1.807, 2.05) is 29.2 Å². The number of halogens is 2. The van der Waals surface area contributed by atoms with E-state index in [0.29, 0.717) is 60.5 Å². The lowest BCUT2D eigenvalue weighted by Crippen LogP contribution is -2.44. The van der Waals surface area contributed by atoms with Crippen molar-refractivity contribution in [3.05, 3.63) is 54.1 Å². The minimum absolute atomic E-state index is 0.153. The molecule has 1 saturated heterocycles. The number of rotatable bonds is 6. The van der Waals surface area contributed by atoms with Crippen LogP contribution in [0.3, 0.4) is 0 Å². The third-order valence-electron chi connectivity index (χ3n) is 7.34. The summed E-state index contributed by atoms with van der Waals surface area (Å²) in [4.78, 5) is 19.2. The van der Waals surface area contributed by atoms with Gasteiger partial charge in [0, 0.05) is 24.6 Å². The van der Waals surface area contributed by atoms with Crippen molar-refractivity contribution in [3.8, 4) is 11.4 Å². The number of alkyl halides is 2. The van der Waals surface area contributed by atoms with E-state index < -0.39 is 6.55 Å². The highest BCUT2D eigenvalue weighted by Gasteiger charge is 2.30. The summed E-state index contributed by atoms with van der Waals surface area (Å²) in [7, 11) is 0. The molecular formula is C27H31F2N3O2. The van der Waals surface area contributed by atoms with Crippen LogP contribution in [0.15, 0.2) is 48.5 Å². The molecule has 0 unspecified atom stereocenters. The van der Waals surface area contributed by atoms with Crippen molar-refractivity contribution < 1.29 is 18.3 Å². The minimum atomic E-state index is -2.65. The van der Waals surface area contributed by atoms with Crippen LogP contribution in [0.2, 0.25) is 0 Å². The molecule has 0 radical (unpaired) electrons. The van der Waals surface area contributed by atoms with E-state index in [4.69, 9.17) is 4.74 Å². The van der Waals surface area contributed by atoms with Crippen molar-refractivity contribution in [1.82, 2.24) is 14.5 Å². The number of benzene rings is 2. The topological polar surface area (TPSA) is 47.4 Å². The highest BCUT2D eigenvalue weighted by molar-refractivity contribution is 5.81. The molecule has 0 bridgehead atoms. The van der Waals surface area contributed by atoms with Crippen molar-refractivity contribution in [2.45, 2.75) is 45.1 Å². The number of amides is 1. The predicted molar refractivity (Wildman–Crippen MR) is 128 cm³/mol. The Hall–Kier alpha value is -2.80. The first-order valence-corrected chi connectivity index (χ1v) is 12.3. The number of hydrogen-bond donors (Lipinski definition) is 0. The molecule has 2 heterocycles. The van der Waals surface area contributed by atoms with Gasteiger partial charge in [0.05, 0.1) is 24.2 Å². The Balaban J connectivity index is 1.21. The first-order chi connectivity index (χ1) is 16.6. The number of imidazole rings is 1. The van der Waals surface area contributed by atoms with Gasteiger partial charge in [-0.3, -0.25) is 9.36 Å². The maximum absolute atomic E-state index is 13.9. The second-order valence-corrected chi connectivity index (χ2v) is 9.47. The molecule has 1 aliphatic carbocycles. The lowest BCUT2D eigenvalue weighted by atomic mass is 9.79. The summed E-state index contributed by atoms with van der Waals surface area (Å²) in [5.41, 5.74) is 2.87. The maximum atomic E-state index is 13.9. The summed E-state index contributed by atoms with van der Waals surface area (Å²) in [6.07, 6.45) is 6.00. The van der Waals surface area contributed by atoms with Crippen LogP contribution in [0.4, 0.5) is 8.78 Å². The fraction of sp³-hybridized carbons (Fsp3) is 0.481. The van der Waals surface area contributed by atoms with Crippen molar-refractivity contribution in [2.75, 3.05) is 26.3 Å². The Morgan fingerprint density at radius 3 is 2.56 bits per heavy atom.